The molecule has 0 unspecified atom stereocenters. The van der Waals surface area contributed by atoms with Crippen LogP contribution in [0.5, 0.6) is 17.2 Å². The third kappa shape index (κ3) is 4.57. The Morgan fingerprint density at radius 1 is 0.933 bits per heavy atom. The van der Waals surface area contributed by atoms with Crippen LogP contribution in [0, 0.1) is 0 Å². The molecule has 0 atom stereocenters. The topological polar surface area (TPSA) is 92.0 Å². The number of methoxy groups -OCH3 is 3. The molecule has 3 aromatic rings. The molecule has 0 aliphatic rings. The lowest BCUT2D eigenvalue weighted by atomic mass is 10.0. The summed E-state index contributed by atoms with van der Waals surface area (Å²) in [6, 6.07) is 11.6. The average Bonchev–Trinajstić information content (AvgIpc) is 2.76. The first kappa shape index (κ1) is 20.9. The Kier molecular flexibility index (Phi) is 6.32. The largest absolute Gasteiger partial charge is 0.497 e. The molecule has 1 aromatic heterocycles. The molecule has 7 nitrogen and oxygen atoms in total. The highest BCUT2D eigenvalue weighted by Gasteiger charge is 2.18. The SMILES string of the molecule is COc1ccc(/C=C\C(=O)CC(=O)c2cc3c(OC)cc(OC)cc3oc2=O)cc1. The Balaban J connectivity index is 1.81. The summed E-state index contributed by atoms with van der Waals surface area (Å²) in [5.74, 6) is 0.461. The second kappa shape index (κ2) is 9.09. The molecule has 0 aliphatic heterocycles. The zero-order valence-electron chi connectivity index (χ0n) is 16.8. The van der Waals surface area contributed by atoms with Crippen molar-refractivity contribution in [2.24, 2.45) is 0 Å². The number of carbonyl (C=O) groups is 2. The monoisotopic (exact) mass is 408 g/mol. The van der Waals surface area contributed by atoms with E-state index in [1.807, 2.05) is 0 Å². The van der Waals surface area contributed by atoms with E-state index in [4.69, 9.17) is 18.6 Å². The molecule has 0 spiro atoms. The molecule has 154 valence electrons. The fraction of sp³-hybridized carbons (Fsp3) is 0.174. The first-order valence-corrected chi connectivity index (χ1v) is 9.03. The van der Waals surface area contributed by atoms with Crippen LogP contribution < -0.4 is 19.8 Å². The molecule has 0 radical (unpaired) electrons. The van der Waals surface area contributed by atoms with Crippen LogP contribution in [0.2, 0.25) is 0 Å². The van der Waals surface area contributed by atoms with Crippen molar-refractivity contribution >= 4 is 28.6 Å². The number of hydrogen-bond donors (Lipinski definition) is 0. The Morgan fingerprint density at radius 2 is 1.63 bits per heavy atom. The normalized spacial score (nSPS) is 10.9. The van der Waals surface area contributed by atoms with Crippen LogP contribution in [0.3, 0.4) is 0 Å². The van der Waals surface area contributed by atoms with E-state index in [9.17, 15) is 14.4 Å². The highest BCUT2D eigenvalue weighted by Crippen LogP contribution is 2.31. The van der Waals surface area contributed by atoms with Gasteiger partial charge in [0, 0.05) is 12.1 Å². The number of ether oxygens (including phenoxy) is 3. The van der Waals surface area contributed by atoms with Crippen molar-refractivity contribution < 1.29 is 28.2 Å². The first-order chi connectivity index (χ1) is 14.4. The minimum Gasteiger partial charge on any atom is -0.497 e. The van der Waals surface area contributed by atoms with Gasteiger partial charge in [0.1, 0.15) is 28.4 Å². The molecule has 30 heavy (non-hydrogen) atoms. The maximum absolute atomic E-state index is 12.5. The zero-order chi connectivity index (χ0) is 21.7. The van der Waals surface area contributed by atoms with Crippen LogP contribution in [0.1, 0.15) is 22.3 Å². The van der Waals surface area contributed by atoms with Crippen molar-refractivity contribution in [1.29, 1.82) is 0 Å². The average molecular weight is 408 g/mol. The molecule has 1 heterocycles. The van der Waals surface area contributed by atoms with Crippen LogP contribution in [0.15, 0.2) is 57.8 Å². The van der Waals surface area contributed by atoms with Crippen molar-refractivity contribution in [2.45, 2.75) is 6.42 Å². The van der Waals surface area contributed by atoms with Crippen LogP contribution in [0.4, 0.5) is 0 Å². The Labute approximate surface area is 172 Å². The summed E-state index contributed by atoms with van der Waals surface area (Å²) < 4.78 is 20.8. The van der Waals surface area contributed by atoms with E-state index in [0.717, 1.165) is 5.56 Å². The van der Waals surface area contributed by atoms with Gasteiger partial charge in [-0.05, 0) is 29.8 Å². The summed E-state index contributed by atoms with van der Waals surface area (Å²) in [6.07, 6.45) is 2.43. The summed E-state index contributed by atoms with van der Waals surface area (Å²) in [6.45, 7) is 0. The molecule has 3 rings (SSSR count). The van der Waals surface area contributed by atoms with Gasteiger partial charge in [-0.15, -0.1) is 0 Å². The molecule has 7 heteroatoms. The summed E-state index contributed by atoms with van der Waals surface area (Å²) in [5.41, 5.74) is -0.0362. The van der Waals surface area contributed by atoms with E-state index in [-0.39, 0.29) is 11.1 Å². The Bertz CT molecular complexity index is 1170. The van der Waals surface area contributed by atoms with Gasteiger partial charge in [0.2, 0.25) is 0 Å². The first-order valence-electron chi connectivity index (χ1n) is 9.03. The number of allylic oxidation sites excluding steroid dienone is 1. The third-order valence-corrected chi connectivity index (χ3v) is 4.46. The van der Waals surface area contributed by atoms with Gasteiger partial charge in [0.05, 0.1) is 33.1 Å². The van der Waals surface area contributed by atoms with Gasteiger partial charge in [-0.2, -0.15) is 0 Å². The predicted octanol–water partition coefficient (Wildman–Crippen LogP) is 3.67. The number of rotatable bonds is 8. The lowest BCUT2D eigenvalue weighted by Crippen LogP contribution is -2.16. The number of ketones is 2. The highest BCUT2D eigenvalue weighted by molar-refractivity contribution is 6.12. The fourth-order valence-corrected chi connectivity index (χ4v) is 2.86. The Hall–Kier alpha value is -3.87. The molecule has 0 amide bonds. The minimum atomic E-state index is -0.824. The van der Waals surface area contributed by atoms with Gasteiger partial charge < -0.3 is 18.6 Å². The van der Waals surface area contributed by atoms with Gasteiger partial charge >= 0.3 is 5.63 Å². The summed E-state index contributed by atoms with van der Waals surface area (Å²) >= 11 is 0. The van der Waals surface area contributed by atoms with Gasteiger partial charge in [-0.1, -0.05) is 18.2 Å². The minimum absolute atomic E-state index is 0.211. The maximum atomic E-state index is 12.5. The summed E-state index contributed by atoms with van der Waals surface area (Å²) in [5, 5.41) is 0.433. The van der Waals surface area contributed by atoms with E-state index in [2.05, 4.69) is 0 Å². The second-order valence-corrected chi connectivity index (χ2v) is 6.36. The van der Waals surface area contributed by atoms with Gasteiger partial charge in [0.15, 0.2) is 11.6 Å². The maximum Gasteiger partial charge on any atom is 0.347 e. The van der Waals surface area contributed by atoms with Crippen LogP contribution in [-0.4, -0.2) is 32.9 Å². The van der Waals surface area contributed by atoms with E-state index in [0.29, 0.717) is 22.6 Å². The van der Waals surface area contributed by atoms with E-state index >= 15 is 0 Å². The third-order valence-electron chi connectivity index (χ3n) is 4.46. The zero-order valence-corrected chi connectivity index (χ0v) is 16.8. The van der Waals surface area contributed by atoms with E-state index < -0.39 is 23.6 Å². The lowest BCUT2D eigenvalue weighted by Gasteiger charge is -2.08. The summed E-state index contributed by atoms with van der Waals surface area (Å²) in [7, 11) is 4.49. The smallest absolute Gasteiger partial charge is 0.347 e. The Morgan fingerprint density at radius 3 is 2.27 bits per heavy atom. The standard InChI is InChI=1S/C23H20O7/c1-27-16-8-5-14(6-9-16)4-7-15(24)10-20(25)18-13-19-21(29-3)11-17(28-2)12-22(19)30-23(18)26/h4-9,11-13H,10H2,1-3H3/b7-4-. The summed E-state index contributed by atoms with van der Waals surface area (Å²) in [4.78, 5) is 37.0. The molecular formula is C23H20O7. The van der Waals surface area contributed by atoms with Gasteiger partial charge in [-0.25, -0.2) is 4.79 Å². The molecular weight excluding hydrogens is 388 g/mol. The number of carbonyl (C=O) groups excluding carboxylic acids is 2. The molecule has 0 fully saturated rings. The quantitative estimate of drug-likeness (QED) is 0.243. The molecule has 0 saturated carbocycles. The number of fused-ring (bicyclic) bond motifs is 1. The molecule has 0 saturated heterocycles. The van der Waals surface area contributed by atoms with E-state index in [1.54, 1.807) is 43.5 Å². The van der Waals surface area contributed by atoms with Crippen LogP contribution in [0.25, 0.3) is 17.0 Å². The van der Waals surface area contributed by atoms with Crippen molar-refractivity contribution in [3.05, 3.63) is 70.1 Å². The molecule has 0 N–H and O–H groups in total. The fourth-order valence-electron chi connectivity index (χ4n) is 2.86. The predicted molar refractivity (Wildman–Crippen MR) is 112 cm³/mol. The van der Waals surface area contributed by atoms with Gasteiger partial charge in [0.25, 0.3) is 0 Å². The molecule has 0 bridgehead atoms. The highest BCUT2D eigenvalue weighted by atomic mass is 16.5. The number of benzene rings is 2. The molecule has 2 aromatic carbocycles. The van der Waals surface area contributed by atoms with Gasteiger partial charge in [-0.3, -0.25) is 9.59 Å². The van der Waals surface area contributed by atoms with Crippen molar-refractivity contribution in [3.63, 3.8) is 0 Å². The number of hydrogen-bond acceptors (Lipinski definition) is 7. The van der Waals surface area contributed by atoms with Crippen molar-refractivity contribution in [3.8, 4) is 17.2 Å². The van der Waals surface area contributed by atoms with E-state index in [1.165, 1.54) is 32.4 Å². The molecule has 0 aliphatic carbocycles. The van der Waals surface area contributed by atoms with Crippen molar-refractivity contribution in [2.75, 3.05) is 21.3 Å². The second-order valence-electron chi connectivity index (χ2n) is 6.36. The number of Topliss-reactive ketones (excluding diaryl/α,β-unsaturated/α-hetero) is 1. The van der Waals surface area contributed by atoms with Crippen LogP contribution in [-0.2, 0) is 4.79 Å². The van der Waals surface area contributed by atoms with Crippen molar-refractivity contribution in [1.82, 2.24) is 0 Å². The van der Waals surface area contributed by atoms with Crippen LogP contribution >= 0.6 is 0 Å². The lowest BCUT2D eigenvalue weighted by molar-refractivity contribution is -0.113.